The van der Waals surface area contributed by atoms with Crippen LogP contribution in [0.4, 0.5) is 0 Å². The number of hydrogen-bond acceptors (Lipinski definition) is 3. The second-order valence-corrected chi connectivity index (χ2v) is 7.83. The second kappa shape index (κ2) is 5.45. The van der Waals surface area contributed by atoms with E-state index in [1.807, 2.05) is 12.1 Å². The molecule has 102 valence electrons. The van der Waals surface area contributed by atoms with Crippen LogP contribution in [-0.4, -0.2) is 8.42 Å². The SMILES string of the molecule is CC(C)Cc1ccc(-c2ccc(S(N)(=O)=O)s2)cc1. The number of benzene rings is 1. The number of rotatable bonds is 4. The van der Waals surface area contributed by atoms with Crippen LogP contribution in [-0.2, 0) is 16.4 Å². The lowest BCUT2D eigenvalue weighted by Gasteiger charge is -2.05. The van der Waals surface area contributed by atoms with Crippen LogP contribution in [0.2, 0.25) is 0 Å². The van der Waals surface area contributed by atoms with Crippen molar-refractivity contribution in [2.75, 3.05) is 0 Å². The Labute approximate surface area is 118 Å². The summed E-state index contributed by atoms with van der Waals surface area (Å²) < 4.78 is 22.7. The number of primary sulfonamides is 1. The van der Waals surface area contributed by atoms with Gasteiger partial charge in [0.1, 0.15) is 4.21 Å². The molecule has 0 spiro atoms. The van der Waals surface area contributed by atoms with Crippen molar-refractivity contribution in [2.24, 2.45) is 11.1 Å². The summed E-state index contributed by atoms with van der Waals surface area (Å²) in [5.41, 5.74) is 2.31. The lowest BCUT2D eigenvalue weighted by Crippen LogP contribution is -2.09. The summed E-state index contributed by atoms with van der Waals surface area (Å²) in [7, 11) is -3.60. The molecule has 0 bridgehead atoms. The number of hydrogen-bond donors (Lipinski definition) is 1. The predicted molar refractivity (Wildman–Crippen MR) is 79.7 cm³/mol. The van der Waals surface area contributed by atoms with Crippen molar-refractivity contribution >= 4 is 21.4 Å². The number of thiophene rings is 1. The maximum atomic E-state index is 11.2. The van der Waals surface area contributed by atoms with E-state index in [1.54, 1.807) is 12.1 Å². The van der Waals surface area contributed by atoms with Crippen LogP contribution in [0.15, 0.2) is 40.6 Å². The van der Waals surface area contributed by atoms with Crippen LogP contribution in [0.25, 0.3) is 10.4 Å². The molecule has 1 heterocycles. The van der Waals surface area contributed by atoms with Crippen LogP contribution in [0, 0.1) is 5.92 Å². The van der Waals surface area contributed by atoms with E-state index < -0.39 is 10.0 Å². The van der Waals surface area contributed by atoms with Crippen LogP contribution in [0.3, 0.4) is 0 Å². The van der Waals surface area contributed by atoms with E-state index in [4.69, 9.17) is 5.14 Å². The molecule has 0 aliphatic carbocycles. The summed E-state index contributed by atoms with van der Waals surface area (Å²) in [6.07, 6.45) is 1.05. The van der Waals surface area contributed by atoms with Crippen molar-refractivity contribution in [3.8, 4) is 10.4 Å². The molecule has 0 atom stereocenters. The van der Waals surface area contributed by atoms with E-state index >= 15 is 0 Å². The average molecular weight is 295 g/mol. The van der Waals surface area contributed by atoms with Gasteiger partial charge < -0.3 is 0 Å². The molecular weight excluding hydrogens is 278 g/mol. The predicted octanol–water partition coefficient (Wildman–Crippen LogP) is 3.26. The Kier molecular flexibility index (Phi) is 4.08. The summed E-state index contributed by atoms with van der Waals surface area (Å²) in [5, 5.41) is 5.11. The maximum Gasteiger partial charge on any atom is 0.247 e. The van der Waals surface area contributed by atoms with Gasteiger partial charge in [-0.3, -0.25) is 0 Å². The van der Waals surface area contributed by atoms with Gasteiger partial charge in [-0.2, -0.15) is 0 Å². The first-order valence-corrected chi connectivity index (χ1v) is 8.44. The van der Waals surface area contributed by atoms with Crippen molar-refractivity contribution in [3.05, 3.63) is 42.0 Å². The Balaban J connectivity index is 2.25. The molecule has 0 unspecified atom stereocenters. The molecule has 2 rings (SSSR count). The van der Waals surface area contributed by atoms with Gasteiger partial charge in [0.15, 0.2) is 0 Å². The van der Waals surface area contributed by atoms with Gasteiger partial charge in [-0.25, -0.2) is 13.6 Å². The minimum atomic E-state index is -3.60. The molecule has 1 aromatic carbocycles. The minimum absolute atomic E-state index is 0.203. The van der Waals surface area contributed by atoms with Crippen LogP contribution in [0.1, 0.15) is 19.4 Å². The largest absolute Gasteiger partial charge is 0.247 e. The highest BCUT2D eigenvalue weighted by Gasteiger charge is 2.12. The summed E-state index contributed by atoms with van der Waals surface area (Å²) >= 11 is 1.20. The molecule has 0 radical (unpaired) electrons. The Morgan fingerprint density at radius 3 is 2.21 bits per heavy atom. The van der Waals surface area contributed by atoms with Gasteiger partial charge in [-0.05, 0) is 35.6 Å². The lowest BCUT2D eigenvalue weighted by atomic mass is 10.0. The first-order chi connectivity index (χ1) is 8.86. The van der Waals surface area contributed by atoms with E-state index in [1.165, 1.54) is 16.9 Å². The molecule has 0 aliphatic heterocycles. The van der Waals surface area contributed by atoms with Gasteiger partial charge in [-0.1, -0.05) is 38.1 Å². The van der Waals surface area contributed by atoms with E-state index in [9.17, 15) is 8.42 Å². The summed E-state index contributed by atoms with van der Waals surface area (Å²) in [5.74, 6) is 0.626. The van der Waals surface area contributed by atoms with E-state index in [-0.39, 0.29) is 4.21 Å². The third-order valence-electron chi connectivity index (χ3n) is 2.74. The molecule has 0 saturated heterocycles. The van der Waals surface area contributed by atoms with Gasteiger partial charge in [-0.15, -0.1) is 11.3 Å². The maximum absolute atomic E-state index is 11.2. The lowest BCUT2D eigenvalue weighted by molar-refractivity contribution is 0.600. The first kappa shape index (κ1) is 14.2. The fourth-order valence-electron chi connectivity index (χ4n) is 1.90. The molecule has 0 amide bonds. The van der Waals surface area contributed by atoms with Crippen molar-refractivity contribution < 1.29 is 8.42 Å². The van der Waals surface area contributed by atoms with Crippen LogP contribution in [0.5, 0.6) is 0 Å². The molecular formula is C14H17NO2S2. The molecule has 0 saturated carbocycles. The molecule has 2 aromatic rings. The molecule has 1 aromatic heterocycles. The summed E-state index contributed by atoms with van der Waals surface area (Å²) in [4.78, 5) is 0.917. The molecule has 0 fully saturated rings. The summed E-state index contributed by atoms with van der Waals surface area (Å²) in [6.45, 7) is 4.37. The van der Waals surface area contributed by atoms with Crippen LogP contribution >= 0.6 is 11.3 Å². The molecule has 19 heavy (non-hydrogen) atoms. The topological polar surface area (TPSA) is 60.2 Å². The van der Waals surface area contributed by atoms with Crippen LogP contribution < -0.4 is 5.14 Å². The zero-order valence-electron chi connectivity index (χ0n) is 11.0. The molecule has 5 heteroatoms. The number of nitrogens with two attached hydrogens (primary N) is 1. The monoisotopic (exact) mass is 295 g/mol. The smallest absolute Gasteiger partial charge is 0.224 e. The first-order valence-electron chi connectivity index (χ1n) is 6.08. The highest BCUT2D eigenvalue weighted by Crippen LogP contribution is 2.30. The van der Waals surface area contributed by atoms with Gasteiger partial charge in [0.25, 0.3) is 0 Å². The normalized spacial score (nSPS) is 12.0. The fraction of sp³-hybridized carbons (Fsp3) is 0.286. The van der Waals surface area contributed by atoms with E-state index in [2.05, 4.69) is 26.0 Å². The van der Waals surface area contributed by atoms with Gasteiger partial charge >= 0.3 is 0 Å². The highest BCUT2D eigenvalue weighted by molar-refractivity contribution is 7.91. The van der Waals surface area contributed by atoms with Gasteiger partial charge in [0.05, 0.1) is 0 Å². The van der Waals surface area contributed by atoms with Crippen molar-refractivity contribution in [3.63, 3.8) is 0 Å². The highest BCUT2D eigenvalue weighted by atomic mass is 32.2. The van der Waals surface area contributed by atoms with Crippen molar-refractivity contribution in [1.82, 2.24) is 0 Å². The Morgan fingerprint density at radius 2 is 1.74 bits per heavy atom. The second-order valence-electron chi connectivity index (χ2n) is 4.96. The third kappa shape index (κ3) is 3.65. The Hall–Kier alpha value is -1.17. The zero-order valence-corrected chi connectivity index (χ0v) is 12.6. The van der Waals surface area contributed by atoms with Crippen molar-refractivity contribution in [1.29, 1.82) is 0 Å². The zero-order chi connectivity index (χ0) is 14.0. The standard InChI is InChI=1S/C14H17NO2S2/c1-10(2)9-11-3-5-12(6-4-11)13-7-8-14(18-13)19(15,16)17/h3-8,10H,9H2,1-2H3,(H2,15,16,17). The fourth-order valence-corrected chi connectivity index (χ4v) is 3.64. The third-order valence-corrected chi connectivity index (χ3v) is 5.32. The van der Waals surface area contributed by atoms with Gasteiger partial charge in [0, 0.05) is 4.88 Å². The van der Waals surface area contributed by atoms with E-state index in [0.717, 1.165) is 16.9 Å². The van der Waals surface area contributed by atoms with E-state index in [0.29, 0.717) is 5.92 Å². The molecule has 3 nitrogen and oxygen atoms in total. The van der Waals surface area contributed by atoms with Crippen molar-refractivity contribution in [2.45, 2.75) is 24.5 Å². The molecule has 2 N–H and O–H groups in total. The molecule has 0 aliphatic rings. The van der Waals surface area contributed by atoms with Gasteiger partial charge in [0.2, 0.25) is 10.0 Å². The average Bonchev–Trinajstić information content (AvgIpc) is 2.78. The number of sulfonamides is 1. The summed E-state index contributed by atoms with van der Waals surface area (Å²) in [6, 6.07) is 11.6. The minimum Gasteiger partial charge on any atom is -0.224 e. The quantitative estimate of drug-likeness (QED) is 0.941. The Morgan fingerprint density at radius 1 is 1.11 bits per heavy atom. The Bertz CT molecular complexity index is 655.